The molecule has 9 heteroatoms. The van der Waals surface area contributed by atoms with Gasteiger partial charge in [-0.3, -0.25) is 10.1 Å². The molecule has 2 heterocycles. The Balaban J connectivity index is 1.97. The Morgan fingerprint density at radius 3 is 2.74 bits per heavy atom. The topological polar surface area (TPSA) is 105 Å². The van der Waals surface area contributed by atoms with Crippen molar-refractivity contribution in [2.75, 3.05) is 25.0 Å². The summed E-state index contributed by atoms with van der Waals surface area (Å²) in [5, 5.41) is 15.0. The van der Waals surface area contributed by atoms with E-state index in [0.717, 1.165) is 31.9 Å². The van der Waals surface area contributed by atoms with Gasteiger partial charge in [0.2, 0.25) is 10.0 Å². The molecule has 23 heavy (non-hydrogen) atoms. The summed E-state index contributed by atoms with van der Waals surface area (Å²) in [6, 6.07) is 4.92. The molecule has 0 spiro atoms. The maximum absolute atomic E-state index is 11.9. The van der Waals surface area contributed by atoms with Crippen molar-refractivity contribution < 1.29 is 13.3 Å². The summed E-state index contributed by atoms with van der Waals surface area (Å²) >= 11 is 0. The molecule has 0 radical (unpaired) electrons. The summed E-state index contributed by atoms with van der Waals surface area (Å²) in [6.45, 7) is 1.43. The third kappa shape index (κ3) is 3.17. The molecular weight excluding hydrogens is 320 g/mol. The van der Waals surface area contributed by atoms with Gasteiger partial charge in [0.15, 0.2) is 0 Å². The number of nitrogens with zero attached hydrogens (tertiary/aromatic N) is 2. The van der Waals surface area contributed by atoms with Gasteiger partial charge in [0.1, 0.15) is 5.69 Å². The molecule has 0 aliphatic carbocycles. The maximum Gasteiger partial charge on any atom is 0.293 e. The van der Waals surface area contributed by atoms with Gasteiger partial charge in [-0.05, 0) is 38.4 Å². The van der Waals surface area contributed by atoms with E-state index >= 15 is 0 Å². The van der Waals surface area contributed by atoms with Gasteiger partial charge in [0.05, 0.1) is 9.82 Å². The monoisotopic (exact) mass is 340 g/mol. The van der Waals surface area contributed by atoms with Gasteiger partial charge >= 0.3 is 0 Å². The van der Waals surface area contributed by atoms with E-state index in [-0.39, 0.29) is 10.6 Å². The van der Waals surface area contributed by atoms with E-state index in [1.807, 2.05) is 4.90 Å². The largest absolute Gasteiger partial charge is 0.364 e. The van der Waals surface area contributed by atoms with Crippen molar-refractivity contribution in [2.45, 2.75) is 36.2 Å². The predicted octanol–water partition coefficient (Wildman–Crippen LogP) is 0.834. The Morgan fingerprint density at radius 2 is 2.04 bits per heavy atom. The van der Waals surface area contributed by atoms with E-state index in [1.54, 1.807) is 6.07 Å². The maximum atomic E-state index is 11.9. The molecule has 126 valence electrons. The molecule has 2 fully saturated rings. The van der Waals surface area contributed by atoms with Crippen LogP contribution in [0.3, 0.4) is 0 Å². The van der Waals surface area contributed by atoms with Crippen LogP contribution in [0.2, 0.25) is 0 Å². The van der Waals surface area contributed by atoms with E-state index in [9.17, 15) is 18.5 Å². The van der Waals surface area contributed by atoms with E-state index in [4.69, 9.17) is 0 Å². The minimum atomic E-state index is -3.70. The lowest BCUT2D eigenvalue weighted by atomic mass is 10.1. The first kappa shape index (κ1) is 16.2. The number of anilines is 1. The highest BCUT2D eigenvalue weighted by molar-refractivity contribution is 7.89. The Labute approximate surface area is 135 Å². The Hall–Kier alpha value is -1.71. The average molecular weight is 340 g/mol. The fourth-order valence-corrected chi connectivity index (χ4v) is 4.11. The number of fused-ring (bicyclic) bond motifs is 2. The zero-order valence-corrected chi connectivity index (χ0v) is 13.7. The van der Waals surface area contributed by atoms with Gasteiger partial charge in [-0.2, -0.15) is 0 Å². The molecule has 0 aromatic heterocycles. The highest BCUT2D eigenvalue weighted by Crippen LogP contribution is 2.33. The van der Waals surface area contributed by atoms with Crippen LogP contribution in [0.1, 0.15) is 19.3 Å². The van der Waals surface area contributed by atoms with Crippen LogP contribution in [-0.2, 0) is 10.0 Å². The lowest BCUT2D eigenvalue weighted by Crippen LogP contribution is -2.35. The lowest BCUT2D eigenvalue weighted by molar-refractivity contribution is -0.384. The number of rotatable bonds is 4. The van der Waals surface area contributed by atoms with Crippen LogP contribution < -0.4 is 14.9 Å². The molecule has 1 aromatic carbocycles. The number of sulfonamides is 1. The zero-order chi connectivity index (χ0) is 16.6. The first-order chi connectivity index (χ1) is 10.9. The standard InChI is InChI=1S/C14H20N4O4S/c1-15-23(21,22)12-4-5-13(14(8-12)18(19)20)17-7-6-10-2-3-11(9-17)16-10/h4-5,8,10-11,15-16H,2-3,6-7,9H2,1H3. The number of hydrogen-bond acceptors (Lipinski definition) is 6. The number of benzene rings is 1. The zero-order valence-electron chi connectivity index (χ0n) is 12.9. The first-order valence-corrected chi connectivity index (χ1v) is 9.12. The van der Waals surface area contributed by atoms with E-state index in [0.29, 0.717) is 24.3 Å². The second-order valence-corrected chi connectivity index (χ2v) is 7.87. The summed E-state index contributed by atoms with van der Waals surface area (Å²) in [6.07, 6.45) is 3.16. The normalized spacial score (nSPS) is 24.5. The van der Waals surface area contributed by atoms with Crippen molar-refractivity contribution in [3.8, 4) is 0 Å². The molecular formula is C14H20N4O4S. The van der Waals surface area contributed by atoms with Crippen LogP contribution in [0.4, 0.5) is 11.4 Å². The van der Waals surface area contributed by atoms with Crippen molar-refractivity contribution in [3.63, 3.8) is 0 Å². The fourth-order valence-electron chi connectivity index (χ4n) is 3.36. The van der Waals surface area contributed by atoms with Crippen LogP contribution in [0.15, 0.2) is 23.1 Å². The van der Waals surface area contributed by atoms with E-state index in [1.165, 1.54) is 13.1 Å². The summed E-state index contributed by atoms with van der Waals surface area (Å²) in [5.41, 5.74) is 0.318. The molecule has 2 N–H and O–H groups in total. The molecule has 0 saturated carbocycles. The summed E-state index contributed by atoms with van der Waals surface area (Å²) in [7, 11) is -2.42. The molecule has 3 rings (SSSR count). The first-order valence-electron chi connectivity index (χ1n) is 7.63. The fraction of sp³-hybridized carbons (Fsp3) is 0.571. The Morgan fingerprint density at radius 1 is 1.30 bits per heavy atom. The molecule has 8 nitrogen and oxygen atoms in total. The number of nitro benzene ring substituents is 1. The summed E-state index contributed by atoms with van der Waals surface area (Å²) < 4.78 is 25.9. The molecule has 2 aliphatic rings. The number of hydrogen-bond donors (Lipinski definition) is 2. The van der Waals surface area contributed by atoms with Gasteiger partial charge in [0, 0.05) is 31.2 Å². The Bertz CT molecular complexity index is 721. The van der Waals surface area contributed by atoms with Gasteiger partial charge in [-0.25, -0.2) is 13.1 Å². The minimum absolute atomic E-state index is 0.0927. The molecule has 2 unspecified atom stereocenters. The second-order valence-electron chi connectivity index (χ2n) is 5.99. The van der Waals surface area contributed by atoms with Crippen molar-refractivity contribution in [2.24, 2.45) is 0 Å². The van der Waals surface area contributed by atoms with Crippen LogP contribution >= 0.6 is 0 Å². The quantitative estimate of drug-likeness (QED) is 0.621. The molecule has 0 amide bonds. The number of nitrogens with one attached hydrogen (secondary N) is 2. The van der Waals surface area contributed by atoms with Crippen molar-refractivity contribution in [1.29, 1.82) is 0 Å². The van der Waals surface area contributed by atoms with E-state index in [2.05, 4.69) is 10.0 Å². The highest BCUT2D eigenvalue weighted by Gasteiger charge is 2.32. The molecule has 2 bridgehead atoms. The highest BCUT2D eigenvalue weighted by atomic mass is 32.2. The van der Waals surface area contributed by atoms with Crippen molar-refractivity contribution >= 4 is 21.4 Å². The van der Waals surface area contributed by atoms with Gasteiger partial charge in [0.25, 0.3) is 5.69 Å². The van der Waals surface area contributed by atoms with Gasteiger partial charge < -0.3 is 10.2 Å². The number of nitro groups is 1. The summed E-state index contributed by atoms with van der Waals surface area (Å²) in [4.78, 5) is 12.8. The molecule has 2 atom stereocenters. The van der Waals surface area contributed by atoms with Gasteiger partial charge in [-0.1, -0.05) is 0 Å². The molecule has 1 aromatic rings. The third-order valence-electron chi connectivity index (χ3n) is 4.59. The second kappa shape index (κ2) is 6.06. The van der Waals surface area contributed by atoms with E-state index < -0.39 is 14.9 Å². The summed E-state index contributed by atoms with van der Waals surface area (Å²) in [5.74, 6) is 0. The van der Waals surface area contributed by atoms with Crippen LogP contribution in [0.5, 0.6) is 0 Å². The van der Waals surface area contributed by atoms with Crippen molar-refractivity contribution in [3.05, 3.63) is 28.3 Å². The third-order valence-corrected chi connectivity index (χ3v) is 6.00. The Kier molecular flexibility index (Phi) is 4.26. The van der Waals surface area contributed by atoms with Gasteiger partial charge in [-0.15, -0.1) is 0 Å². The average Bonchev–Trinajstić information content (AvgIpc) is 2.86. The smallest absolute Gasteiger partial charge is 0.293 e. The predicted molar refractivity (Wildman–Crippen MR) is 86.1 cm³/mol. The van der Waals surface area contributed by atoms with Crippen molar-refractivity contribution in [1.82, 2.24) is 10.0 Å². The lowest BCUT2D eigenvalue weighted by Gasteiger charge is -2.26. The molecule has 2 saturated heterocycles. The van der Waals surface area contributed by atoms with Crippen LogP contribution in [0.25, 0.3) is 0 Å². The van der Waals surface area contributed by atoms with Crippen LogP contribution in [-0.4, -0.2) is 45.6 Å². The minimum Gasteiger partial charge on any atom is -0.364 e. The molecule has 2 aliphatic heterocycles. The SMILES string of the molecule is CNS(=O)(=O)c1ccc(N2CCC3CCC(C2)N3)c([N+](=O)[O-])c1. The van der Waals surface area contributed by atoms with Crippen LogP contribution in [0, 0.1) is 10.1 Å².